The normalized spacial score (nSPS) is 15.5. The number of carbonyl (C=O) groups is 2. The van der Waals surface area contributed by atoms with Crippen molar-refractivity contribution in [3.63, 3.8) is 0 Å². The number of thiophene rings is 1. The molecule has 0 fully saturated rings. The summed E-state index contributed by atoms with van der Waals surface area (Å²) in [6, 6.07) is 17.2. The van der Waals surface area contributed by atoms with Gasteiger partial charge in [-0.1, -0.05) is 48.0 Å². The van der Waals surface area contributed by atoms with E-state index in [4.69, 9.17) is 11.6 Å². The summed E-state index contributed by atoms with van der Waals surface area (Å²) in [7, 11) is 0. The van der Waals surface area contributed by atoms with Crippen molar-refractivity contribution in [1.82, 2.24) is 9.80 Å². The Hall–Kier alpha value is -2.63. The lowest BCUT2D eigenvalue weighted by molar-refractivity contribution is -0.134. The minimum Gasteiger partial charge on any atom is -0.330 e. The van der Waals surface area contributed by atoms with E-state index < -0.39 is 0 Å². The molecule has 2 heterocycles. The molecule has 0 saturated heterocycles. The first-order chi connectivity index (χ1) is 15.0. The molecule has 4 rings (SSSR count). The smallest absolute Gasteiger partial charge is 0.255 e. The maximum atomic E-state index is 13.5. The van der Waals surface area contributed by atoms with Crippen molar-refractivity contribution in [3.8, 4) is 0 Å². The average Bonchev–Trinajstić information content (AvgIpc) is 3.26. The molecule has 6 heteroatoms. The Morgan fingerprint density at radius 3 is 2.58 bits per heavy atom. The lowest BCUT2D eigenvalue weighted by Gasteiger charge is -2.38. The largest absolute Gasteiger partial charge is 0.330 e. The van der Waals surface area contributed by atoms with Gasteiger partial charge in [-0.2, -0.15) is 0 Å². The summed E-state index contributed by atoms with van der Waals surface area (Å²) in [4.78, 5) is 31.4. The van der Waals surface area contributed by atoms with Gasteiger partial charge < -0.3 is 9.80 Å². The molecule has 160 valence electrons. The molecule has 1 aromatic heterocycles. The second kappa shape index (κ2) is 9.25. The van der Waals surface area contributed by atoms with Crippen LogP contribution in [-0.4, -0.2) is 41.2 Å². The number of aryl methyl sites for hydroxylation is 1. The second-order valence-electron chi connectivity index (χ2n) is 7.69. The molecule has 3 aromatic rings. The Balaban J connectivity index is 1.63. The standard InChI is InChI=1S/C25H25ClN2O2S/c1-3-27(25(30)19-10-6-7-11-21(19)26)16-23(29)28-14-12-22-20(13-15-31-22)24(28)18-9-5-4-8-17(18)2/h4-11,13,15,24H,3,12,14,16H2,1-2H3. The molecule has 0 bridgehead atoms. The molecule has 2 amide bonds. The highest BCUT2D eigenvalue weighted by atomic mass is 35.5. The Morgan fingerprint density at radius 2 is 1.84 bits per heavy atom. The van der Waals surface area contributed by atoms with Crippen LogP contribution in [0.2, 0.25) is 5.02 Å². The van der Waals surface area contributed by atoms with E-state index in [-0.39, 0.29) is 24.4 Å². The van der Waals surface area contributed by atoms with Gasteiger partial charge in [0.1, 0.15) is 6.54 Å². The minimum absolute atomic E-state index is 0.0302. The molecular weight excluding hydrogens is 428 g/mol. The lowest BCUT2D eigenvalue weighted by atomic mass is 9.90. The third kappa shape index (κ3) is 4.25. The molecule has 2 aromatic carbocycles. The number of amides is 2. The van der Waals surface area contributed by atoms with E-state index >= 15 is 0 Å². The van der Waals surface area contributed by atoms with Crippen LogP contribution in [0.25, 0.3) is 0 Å². The van der Waals surface area contributed by atoms with Crippen LogP contribution in [0.4, 0.5) is 0 Å². The zero-order chi connectivity index (χ0) is 22.0. The van der Waals surface area contributed by atoms with Gasteiger partial charge in [0.05, 0.1) is 16.6 Å². The van der Waals surface area contributed by atoms with Gasteiger partial charge in [0.2, 0.25) is 5.91 Å². The molecule has 0 spiro atoms. The maximum absolute atomic E-state index is 13.5. The SMILES string of the molecule is CCN(CC(=O)N1CCc2sccc2C1c1ccccc1C)C(=O)c1ccccc1Cl. The maximum Gasteiger partial charge on any atom is 0.255 e. The van der Waals surface area contributed by atoms with Gasteiger partial charge in [0, 0.05) is 18.0 Å². The van der Waals surface area contributed by atoms with Crippen LogP contribution in [0, 0.1) is 6.92 Å². The van der Waals surface area contributed by atoms with Crippen LogP contribution in [-0.2, 0) is 11.2 Å². The quantitative estimate of drug-likeness (QED) is 0.523. The van der Waals surface area contributed by atoms with Crippen molar-refractivity contribution in [1.29, 1.82) is 0 Å². The number of carbonyl (C=O) groups excluding carboxylic acids is 2. The van der Waals surface area contributed by atoms with Crippen LogP contribution in [0.5, 0.6) is 0 Å². The van der Waals surface area contributed by atoms with Crippen molar-refractivity contribution in [2.45, 2.75) is 26.3 Å². The highest BCUT2D eigenvalue weighted by Gasteiger charge is 2.34. The lowest BCUT2D eigenvalue weighted by Crippen LogP contribution is -2.46. The van der Waals surface area contributed by atoms with Crippen molar-refractivity contribution in [2.24, 2.45) is 0 Å². The van der Waals surface area contributed by atoms with Crippen LogP contribution in [0.1, 0.15) is 44.9 Å². The Labute approximate surface area is 192 Å². The van der Waals surface area contributed by atoms with Crippen LogP contribution in [0.15, 0.2) is 60.0 Å². The van der Waals surface area contributed by atoms with Gasteiger partial charge in [0.15, 0.2) is 0 Å². The van der Waals surface area contributed by atoms with Crippen LogP contribution in [0.3, 0.4) is 0 Å². The second-order valence-corrected chi connectivity index (χ2v) is 9.10. The molecule has 0 N–H and O–H groups in total. The first-order valence-electron chi connectivity index (χ1n) is 10.5. The summed E-state index contributed by atoms with van der Waals surface area (Å²) >= 11 is 7.98. The molecule has 1 atom stereocenters. The molecule has 0 radical (unpaired) electrons. The van der Waals surface area contributed by atoms with Gasteiger partial charge in [-0.3, -0.25) is 9.59 Å². The number of benzene rings is 2. The minimum atomic E-state index is -0.220. The highest BCUT2D eigenvalue weighted by Crippen LogP contribution is 2.39. The first kappa shape index (κ1) is 21.6. The number of likely N-dealkylation sites (N-methyl/N-ethyl adjacent to an activating group) is 1. The summed E-state index contributed by atoms with van der Waals surface area (Å²) < 4.78 is 0. The Kier molecular flexibility index (Phi) is 6.44. The van der Waals surface area contributed by atoms with Crippen LogP contribution >= 0.6 is 22.9 Å². The molecule has 0 aliphatic carbocycles. The predicted molar refractivity (Wildman–Crippen MR) is 126 cm³/mol. The summed E-state index contributed by atoms with van der Waals surface area (Å²) in [6.45, 7) is 5.07. The molecule has 4 nitrogen and oxygen atoms in total. The van der Waals surface area contributed by atoms with Crippen LogP contribution < -0.4 is 0 Å². The predicted octanol–water partition coefficient (Wildman–Crippen LogP) is 5.35. The van der Waals surface area contributed by atoms with E-state index in [1.165, 1.54) is 10.4 Å². The van der Waals surface area contributed by atoms with Crippen molar-refractivity contribution >= 4 is 34.8 Å². The summed E-state index contributed by atoms with van der Waals surface area (Å²) in [6.07, 6.45) is 0.839. The summed E-state index contributed by atoms with van der Waals surface area (Å²) in [5, 5.41) is 2.50. The van der Waals surface area contributed by atoms with Gasteiger partial charge in [-0.05, 0) is 60.5 Å². The van der Waals surface area contributed by atoms with E-state index in [1.807, 2.05) is 24.0 Å². The van der Waals surface area contributed by atoms with E-state index in [9.17, 15) is 9.59 Å². The van der Waals surface area contributed by atoms with E-state index in [0.29, 0.717) is 23.7 Å². The molecular formula is C25H25ClN2O2S. The number of halogens is 1. The Morgan fingerprint density at radius 1 is 1.10 bits per heavy atom. The van der Waals surface area contributed by atoms with Gasteiger partial charge >= 0.3 is 0 Å². The fourth-order valence-electron chi connectivity index (χ4n) is 4.20. The molecule has 1 aliphatic heterocycles. The number of hydrogen-bond acceptors (Lipinski definition) is 3. The third-order valence-electron chi connectivity index (χ3n) is 5.87. The fraction of sp³-hybridized carbons (Fsp3) is 0.280. The van der Waals surface area contributed by atoms with E-state index in [0.717, 1.165) is 17.5 Å². The summed E-state index contributed by atoms with van der Waals surface area (Å²) in [5.41, 5.74) is 3.91. The van der Waals surface area contributed by atoms with E-state index in [2.05, 4.69) is 30.5 Å². The Bertz CT molecular complexity index is 1110. The van der Waals surface area contributed by atoms with Crippen molar-refractivity contribution in [2.75, 3.05) is 19.6 Å². The zero-order valence-electron chi connectivity index (χ0n) is 17.7. The first-order valence-corrected chi connectivity index (χ1v) is 11.7. The van der Waals surface area contributed by atoms with E-state index in [1.54, 1.807) is 40.5 Å². The van der Waals surface area contributed by atoms with Crippen molar-refractivity contribution < 1.29 is 9.59 Å². The number of nitrogens with zero attached hydrogens (tertiary/aromatic N) is 2. The van der Waals surface area contributed by atoms with Gasteiger partial charge in [-0.15, -0.1) is 11.3 Å². The number of hydrogen-bond donors (Lipinski definition) is 0. The molecule has 1 aliphatic rings. The van der Waals surface area contributed by atoms with Crippen molar-refractivity contribution in [3.05, 3.63) is 92.1 Å². The third-order valence-corrected chi connectivity index (χ3v) is 7.19. The van der Waals surface area contributed by atoms with Gasteiger partial charge in [-0.25, -0.2) is 0 Å². The number of rotatable bonds is 5. The highest BCUT2D eigenvalue weighted by molar-refractivity contribution is 7.10. The molecule has 31 heavy (non-hydrogen) atoms. The molecule has 0 saturated carbocycles. The monoisotopic (exact) mass is 452 g/mol. The van der Waals surface area contributed by atoms with Gasteiger partial charge in [0.25, 0.3) is 5.91 Å². The average molecular weight is 453 g/mol. The number of fused-ring (bicyclic) bond motifs is 1. The summed E-state index contributed by atoms with van der Waals surface area (Å²) in [5.74, 6) is -0.269. The zero-order valence-corrected chi connectivity index (χ0v) is 19.2. The fourth-order valence-corrected chi connectivity index (χ4v) is 5.32. The molecule has 1 unspecified atom stereocenters. The topological polar surface area (TPSA) is 40.6 Å².